The standard InChI is InChI=1S/C24H23NO8S4/c1-34(26,27)20-14-13-16-9-5-7-11-18(16)22(20)23-19-12-8-6-10-17(19)15-21(35(2,28)29)24(23)25(36(3,30)31)37(4,32)33/h5-15H,1-4H3. The first-order valence-corrected chi connectivity index (χ1v) is 18.1. The lowest BCUT2D eigenvalue weighted by atomic mass is 9.92. The Hall–Kier alpha value is -3.00. The van der Waals surface area contributed by atoms with Crippen molar-refractivity contribution in [2.45, 2.75) is 9.79 Å². The fourth-order valence-corrected chi connectivity index (χ4v) is 9.33. The molecule has 0 aromatic heterocycles. The molecule has 9 nitrogen and oxygen atoms in total. The fraction of sp³-hybridized carbons (Fsp3) is 0.167. The molecule has 4 rings (SSSR count). The second-order valence-electron chi connectivity index (χ2n) is 8.75. The molecule has 4 aromatic rings. The van der Waals surface area contributed by atoms with Gasteiger partial charge in [0.1, 0.15) is 0 Å². The van der Waals surface area contributed by atoms with E-state index in [1.54, 1.807) is 54.6 Å². The van der Waals surface area contributed by atoms with Gasteiger partial charge in [-0.1, -0.05) is 54.6 Å². The second kappa shape index (κ2) is 8.79. The third-order valence-corrected chi connectivity index (χ3v) is 11.2. The Morgan fingerprint density at radius 1 is 0.514 bits per heavy atom. The topological polar surface area (TPSA) is 140 Å². The molecular formula is C24H23NO8S4. The summed E-state index contributed by atoms with van der Waals surface area (Å²) < 4.78 is 104. The summed E-state index contributed by atoms with van der Waals surface area (Å²) in [4.78, 5) is -0.797. The quantitative estimate of drug-likeness (QED) is 0.338. The molecule has 4 aromatic carbocycles. The minimum absolute atomic E-state index is 0.00500. The molecule has 0 saturated heterocycles. The van der Waals surface area contributed by atoms with Crippen molar-refractivity contribution in [1.82, 2.24) is 0 Å². The Morgan fingerprint density at radius 3 is 1.46 bits per heavy atom. The first kappa shape index (κ1) is 27.0. The minimum Gasteiger partial charge on any atom is -0.224 e. The zero-order valence-corrected chi connectivity index (χ0v) is 23.5. The van der Waals surface area contributed by atoms with Crippen molar-refractivity contribution in [3.63, 3.8) is 0 Å². The predicted octanol–water partition coefficient (Wildman–Crippen LogP) is 3.19. The Morgan fingerprint density at radius 2 is 0.973 bits per heavy atom. The molecule has 13 heteroatoms. The number of fused-ring (bicyclic) bond motifs is 2. The molecule has 0 radical (unpaired) electrons. The Kier molecular flexibility index (Phi) is 6.43. The molecular weight excluding hydrogens is 559 g/mol. The summed E-state index contributed by atoms with van der Waals surface area (Å²) in [6.45, 7) is 0. The number of hydrogen-bond acceptors (Lipinski definition) is 8. The summed E-state index contributed by atoms with van der Waals surface area (Å²) in [7, 11) is -17.5. The molecule has 0 aliphatic rings. The van der Waals surface area contributed by atoms with Gasteiger partial charge in [-0.15, -0.1) is 0 Å². The monoisotopic (exact) mass is 581 g/mol. The molecule has 0 unspecified atom stereocenters. The molecule has 0 bridgehead atoms. The van der Waals surface area contributed by atoms with E-state index in [1.165, 1.54) is 12.1 Å². The molecule has 0 aliphatic carbocycles. The number of anilines is 1. The van der Waals surface area contributed by atoms with Crippen LogP contribution in [0.15, 0.2) is 76.5 Å². The molecule has 37 heavy (non-hydrogen) atoms. The normalized spacial score (nSPS) is 13.2. The van der Waals surface area contributed by atoms with Gasteiger partial charge >= 0.3 is 0 Å². The van der Waals surface area contributed by atoms with Crippen molar-refractivity contribution >= 4 is 67.0 Å². The summed E-state index contributed by atoms with van der Waals surface area (Å²) in [6, 6.07) is 17.1. The maximum absolute atomic E-state index is 13.1. The van der Waals surface area contributed by atoms with Gasteiger partial charge in [0.25, 0.3) is 0 Å². The molecule has 196 valence electrons. The van der Waals surface area contributed by atoms with E-state index in [-0.39, 0.29) is 25.1 Å². The van der Waals surface area contributed by atoms with Crippen molar-refractivity contribution in [3.05, 3.63) is 66.7 Å². The predicted molar refractivity (Wildman–Crippen MR) is 145 cm³/mol. The van der Waals surface area contributed by atoms with Crippen LogP contribution in [0.3, 0.4) is 0 Å². The van der Waals surface area contributed by atoms with Gasteiger partial charge in [0, 0.05) is 23.6 Å². The van der Waals surface area contributed by atoms with Gasteiger partial charge < -0.3 is 0 Å². The minimum atomic E-state index is -4.63. The zero-order chi connectivity index (χ0) is 27.6. The number of sulfonamides is 2. The van der Waals surface area contributed by atoms with E-state index >= 15 is 0 Å². The fourth-order valence-electron chi connectivity index (χ4n) is 4.42. The van der Waals surface area contributed by atoms with Crippen LogP contribution < -0.4 is 3.71 Å². The van der Waals surface area contributed by atoms with Crippen LogP contribution in [-0.4, -0.2) is 58.7 Å². The third kappa shape index (κ3) is 4.96. The molecule has 0 heterocycles. The van der Waals surface area contributed by atoms with E-state index in [9.17, 15) is 33.7 Å². The van der Waals surface area contributed by atoms with E-state index in [0.717, 1.165) is 12.5 Å². The molecule has 0 fully saturated rings. The van der Waals surface area contributed by atoms with Gasteiger partial charge in [0.15, 0.2) is 19.7 Å². The Balaban J connectivity index is 2.50. The number of hydrogen-bond donors (Lipinski definition) is 0. The van der Waals surface area contributed by atoms with Gasteiger partial charge in [-0.05, 0) is 33.7 Å². The maximum Gasteiger partial charge on any atom is 0.245 e. The highest BCUT2D eigenvalue weighted by Gasteiger charge is 2.37. The summed E-state index contributed by atoms with van der Waals surface area (Å²) in [5, 5.41) is 1.55. The lowest BCUT2D eigenvalue weighted by Crippen LogP contribution is -2.36. The number of nitrogens with zero attached hydrogens (tertiary/aromatic N) is 1. The number of sulfone groups is 2. The largest absolute Gasteiger partial charge is 0.245 e. The first-order valence-electron chi connectivity index (χ1n) is 10.6. The summed E-state index contributed by atoms with van der Waals surface area (Å²) >= 11 is 0. The highest BCUT2D eigenvalue weighted by molar-refractivity contribution is 8.09. The average molecular weight is 582 g/mol. The summed E-state index contributed by atoms with van der Waals surface area (Å²) in [6.07, 6.45) is 3.07. The summed E-state index contributed by atoms with van der Waals surface area (Å²) in [5.74, 6) is 0. The highest BCUT2D eigenvalue weighted by atomic mass is 32.3. The number of rotatable bonds is 6. The lowest BCUT2D eigenvalue weighted by Gasteiger charge is -2.27. The van der Waals surface area contributed by atoms with Crippen LogP contribution >= 0.6 is 0 Å². The van der Waals surface area contributed by atoms with Crippen molar-refractivity contribution in [2.24, 2.45) is 0 Å². The highest BCUT2D eigenvalue weighted by Crippen LogP contribution is 2.48. The van der Waals surface area contributed by atoms with Gasteiger partial charge in [0.05, 0.1) is 28.0 Å². The van der Waals surface area contributed by atoms with Gasteiger partial charge in [-0.3, -0.25) is 0 Å². The molecule has 0 N–H and O–H groups in total. The van der Waals surface area contributed by atoms with Crippen molar-refractivity contribution in [2.75, 3.05) is 28.7 Å². The third-order valence-electron chi connectivity index (χ3n) is 5.71. The van der Waals surface area contributed by atoms with E-state index in [0.29, 0.717) is 28.7 Å². The van der Waals surface area contributed by atoms with Crippen LogP contribution in [0.5, 0.6) is 0 Å². The SMILES string of the molecule is CS(=O)(=O)c1cc2ccccc2c(-c2c(S(C)(=O)=O)ccc3ccccc23)c1N(S(C)(=O)=O)S(C)(=O)=O. The van der Waals surface area contributed by atoms with Crippen molar-refractivity contribution in [1.29, 1.82) is 0 Å². The Labute approximate surface area is 216 Å². The second-order valence-corrected chi connectivity index (χ2v) is 16.6. The van der Waals surface area contributed by atoms with Crippen LogP contribution in [0.4, 0.5) is 5.69 Å². The Bertz CT molecular complexity index is 2000. The first-order chi connectivity index (χ1) is 16.9. The van der Waals surface area contributed by atoms with Crippen LogP contribution in [0.25, 0.3) is 32.7 Å². The smallest absolute Gasteiger partial charge is 0.224 e. The van der Waals surface area contributed by atoms with Crippen molar-refractivity contribution < 1.29 is 33.7 Å². The van der Waals surface area contributed by atoms with E-state index in [4.69, 9.17) is 0 Å². The van der Waals surface area contributed by atoms with Crippen LogP contribution in [0.1, 0.15) is 0 Å². The molecule has 0 amide bonds. The molecule has 0 spiro atoms. The number of benzene rings is 4. The molecule has 0 aliphatic heterocycles. The van der Waals surface area contributed by atoms with Gasteiger partial charge in [0.2, 0.25) is 20.0 Å². The van der Waals surface area contributed by atoms with Crippen molar-refractivity contribution in [3.8, 4) is 11.1 Å². The maximum atomic E-state index is 13.1. The van der Waals surface area contributed by atoms with E-state index < -0.39 is 50.3 Å². The lowest BCUT2D eigenvalue weighted by molar-refractivity contribution is 0.590. The van der Waals surface area contributed by atoms with E-state index in [1.807, 2.05) is 0 Å². The van der Waals surface area contributed by atoms with Crippen LogP contribution in [0.2, 0.25) is 0 Å². The summed E-state index contributed by atoms with van der Waals surface area (Å²) in [5.41, 5.74) is -0.811. The average Bonchev–Trinajstić information content (AvgIpc) is 2.74. The van der Waals surface area contributed by atoms with Gasteiger partial charge in [-0.2, -0.15) is 3.71 Å². The van der Waals surface area contributed by atoms with Crippen LogP contribution in [0, 0.1) is 0 Å². The van der Waals surface area contributed by atoms with Gasteiger partial charge in [-0.25, -0.2) is 33.7 Å². The zero-order valence-electron chi connectivity index (χ0n) is 20.2. The van der Waals surface area contributed by atoms with E-state index in [2.05, 4.69) is 0 Å². The molecule has 0 atom stereocenters. The van der Waals surface area contributed by atoms with Crippen LogP contribution in [-0.2, 0) is 39.7 Å². The molecule has 0 saturated carbocycles.